The van der Waals surface area contributed by atoms with E-state index in [2.05, 4.69) is 0 Å². The van der Waals surface area contributed by atoms with Crippen LogP contribution in [-0.2, 0) is 4.79 Å². The van der Waals surface area contributed by atoms with Crippen molar-refractivity contribution in [3.05, 3.63) is 11.6 Å². The summed E-state index contributed by atoms with van der Waals surface area (Å²) in [7, 11) is 0. The molecule has 0 aromatic rings. The van der Waals surface area contributed by atoms with Crippen molar-refractivity contribution in [1.29, 1.82) is 0 Å². The summed E-state index contributed by atoms with van der Waals surface area (Å²) in [5.74, 6) is -6.92. The molecule has 0 aromatic heterocycles. The van der Waals surface area contributed by atoms with Crippen LogP contribution >= 0.6 is 0 Å². The molecule has 0 heterocycles. The van der Waals surface area contributed by atoms with Gasteiger partial charge in [-0.3, -0.25) is 0 Å². The molecule has 1 N–H and O–H groups in total. The van der Waals surface area contributed by atoms with Crippen molar-refractivity contribution < 1.29 is 31.9 Å². The topological polar surface area (TPSA) is 37.3 Å². The van der Waals surface area contributed by atoms with Crippen molar-refractivity contribution in [1.82, 2.24) is 0 Å². The molecule has 0 saturated carbocycles. The highest BCUT2D eigenvalue weighted by molar-refractivity contribution is 5.85. The molecular formula is C6H5F5O2. The lowest BCUT2D eigenvalue weighted by Gasteiger charge is -2.15. The summed E-state index contributed by atoms with van der Waals surface area (Å²) in [4.78, 5) is 9.93. The first-order valence-electron chi connectivity index (χ1n) is 2.95. The maximum atomic E-state index is 12.1. The predicted octanol–water partition coefficient (Wildman–Crippen LogP) is 2.21. The minimum absolute atomic E-state index is 0.630. The molecular weight excluding hydrogens is 199 g/mol. The van der Waals surface area contributed by atoms with Gasteiger partial charge < -0.3 is 5.11 Å². The van der Waals surface area contributed by atoms with E-state index in [1.54, 1.807) is 0 Å². The van der Waals surface area contributed by atoms with Crippen LogP contribution in [-0.4, -0.2) is 23.2 Å². The molecule has 0 aromatic carbocycles. The zero-order chi connectivity index (χ0) is 10.9. The number of carboxylic acid groups (broad SMARTS) is 1. The Hall–Kier alpha value is -1.14. The van der Waals surface area contributed by atoms with E-state index in [0.29, 0.717) is 6.92 Å². The van der Waals surface area contributed by atoms with Crippen molar-refractivity contribution in [2.75, 3.05) is 0 Å². The van der Waals surface area contributed by atoms with Crippen molar-refractivity contribution >= 4 is 5.97 Å². The molecule has 2 nitrogen and oxygen atoms in total. The second kappa shape index (κ2) is 3.31. The number of aliphatic carboxylic acids is 1. The fraction of sp³-hybridized carbons (Fsp3) is 0.500. The van der Waals surface area contributed by atoms with E-state index in [9.17, 15) is 26.7 Å². The summed E-state index contributed by atoms with van der Waals surface area (Å²) < 4.78 is 58.6. The number of allylic oxidation sites excluding steroid dienone is 1. The van der Waals surface area contributed by atoms with E-state index >= 15 is 0 Å². The highest BCUT2D eigenvalue weighted by atomic mass is 19.4. The van der Waals surface area contributed by atoms with Crippen molar-refractivity contribution in [3.63, 3.8) is 0 Å². The first-order chi connectivity index (χ1) is 5.58. The summed E-state index contributed by atoms with van der Waals surface area (Å²) >= 11 is 0. The molecule has 0 rings (SSSR count). The van der Waals surface area contributed by atoms with Gasteiger partial charge in [0.2, 0.25) is 0 Å². The van der Waals surface area contributed by atoms with Crippen molar-refractivity contribution in [2.24, 2.45) is 0 Å². The third kappa shape index (κ3) is 3.00. The Balaban J connectivity index is 4.89. The lowest BCUT2D eigenvalue weighted by Crippen LogP contribution is -2.34. The standard InChI is InChI=1S/C6H5F5O2/c1-3(4(12)13)2-5(7,8)6(9,10)11/h2H,1H3,(H,12,13)/b3-2+. The number of hydrogen-bond acceptors (Lipinski definition) is 1. The SMILES string of the molecule is C/C(=C\C(F)(F)C(F)(F)F)C(=O)O. The van der Waals surface area contributed by atoms with Gasteiger partial charge in [0, 0.05) is 11.6 Å². The highest BCUT2D eigenvalue weighted by Crippen LogP contribution is 2.37. The zero-order valence-corrected chi connectivity index (χ0v) is 6.32. The minimum atomic E-state index is -5.76. The summed E-state index contributed by atoms with van der Waals surface area (Å²) in [5, 5.41) is 8.04. The predicted molar refractivity (Wildman–Crippen MR) is 32.4 cm³/mol. The van der Waals surface area contributed by atoms with Crippen LogP contribution in [0.5, 0.6) is 0 Å². The molecule has 13 heavy (non-hydrogen) atoms. The second-order valence-electron chi connectivity index (χ2n) is 2.25. The van der Waals surface area contributed by atoms with Crippen LogP contribution < -0.4 is 0 Å². The van der Waals surface area contributed by atoms with E-state index in [-0.39, 0.29) is 0 Å². The van der Waals surface area contributed by atoms with Gasteiger partial charge in [0.1, 0.15) is 0 Å². The van der Waals surface area contributed by atoms with Gasteiger partial charge in [0.05, 0.1) is 0 Å². The molecule has 0 aliphatic carbocycles. The molecule has 0 radical (unpaired) electrons. The molecule has 0 bridgehead atoms. The van der Waals surface area contributed by atoms with Gasteiger partial charge in [-0.1, -0.05) is 0 Å². The maximum Gasteiger partial charge on any atom is 0.457 e. The molecule has 0 unspecified atom stereocenters. The molecule has 7 heteroatoms. The van der Waals surface area contributed by atoms with Crippen LogP contribution in [0.2, 0.25) is 0 Å². The quantitative estimate of drug-likeness (QED) is 0.553. The Morgan fingerprint density at radius 3 is 1.85 bits per heavy atom. The van der Waals surface area contributed by atoms with Crippen LogP contribution in [0, 0.1) is 0 Å². The number of carbonyl (C=O) groups is 1. The van der Waals surface area contributed by atoms with E-state index in [1.165, 1.54) is 0 Å². The normalized spacial score (nSPS) is 14.5. The zero-order valence-electron chi connectivity index (χ0n) is 6.32. The molecule has 0 atom stereocenters. The van der Waals surface area contributed by atoms with E-state index in [1.807, 2.05) is 0 Å². The van der Waals surface area contributed by atoms with Crippen LogP contribution in [0.1, 0.15) is 6.92 Å². The average molecular weight is 204 g/mol. The molecule has 0 spiro atoms. The summed E-state index contributed by atoms with van der Waals surface area (Å²) in [5.41, 5.74) is -1.05. The first-order valence-corrected chi connectivity index (χ1v) is 2.95. The molecule has 0 saturated heterocycles. The lowest BCUT2D eigenvalue weighted by molar-refractivity contribution is -0.259. The van der Waals surface area contributed by atoms with Crippen molar-refractivity contribution in [3.8, 4) is 0 Å². The van der Waals surface area contributed by atoms with Crippen LogP contribution in [0.25, 0.3) is 0 Å². The van der Waals surface area contributed by atoms with Gasteiger partial charge in [-0.15, -0.1) is 0 Å². The highest BCUT2D eigenvalue weighted by Gasteiger charge is 2.56. The Kier molecular flexibility index (Phi) is 3.02. The fourth-order valence-electron chi connectivity index (χ4n) is 0.415. The Labute approximate surface area is 69.7 Å². The minimum Gasteiger partial charge on any atom is -0.478 e. The first kappa shape index (κ1) is 11.9. The van der Waals surface area contributed by atoms with Gasteiger partial charge in [-0.2, -0.15) is 22.0 Å². The Morgan fingerprint density at radius 2 is 1.62 bits per heavy atom. The van der Waals surface area contributed by atoms with Gasteiger partial charge in [-0.05, 0) is 6.92 Å². The van der Waals surface area contributed by atoms with E-state index < -0.39 is 29.7 Å². The molecule has 0 aliphatic heterocycles. The molecule has 76 valence electrons. The summed E-state index contributed by atoms with van der Waals surface area (Å²) in [6, 6.07) is 0. The van der Waals surface area contributed by atoms with E-state index in [0.717, 1.165) is 0 Å². The van der Waals surface area contributed by atoms with Crippen LogP contribution in [0.3, 0.4) is 0 Å². The Morgan fingerprint density at radius 1 is 1.23 bits per heavy atom. The number of halogens is 5. The van der Waals surface area contributed by atoms with E-state index in [4.69, 9.17) is 5.11 Å². The average Bonchev–Trinajstić information content (AvgIpc) is 1.83. The summed E-state index contributed by atoms with van der Waals surface area (Å²) in [6.07, 6.45) is -6.39. The maximum absolute atomic E-state index is 12.1. The third-order valence-corrected chi connectivity index (χ3v) is 1.11. The summed E-state index contributed by atoms with van der Waals surface area (Å²) in [6.45, 7) is 0.655. The van der Waals surface area contributed by atoms with Gasteiger partial charge in [0.25, 0.3) is 0 Å². The smallest absolute Gasteiger partial charge is 0.457 e. The number of carboxylic acids is 1. The molecule has 0 aliphatic rings. The van der Waals surface area contributed by atoms with Gasteiger partial charge >= 0.3 is 18.1 Å². The Bertz CT molecular complexity index is 240. The largest absolute Gasteiger partial charge is 0.478 e. The monoisotopic (exact) mass is 204 g/mol. The second-order valence-corrected chi connectivity index (χ2v) is 2.25. The molecule has 0 amide bonds. The number of hydrogen-bond donors (Lipinski definition) is 1. The lowest BCUT2D eigenvalue weighted by atomic mass is 10.2. The van der Waals surface area contributed by atoms with Crippen LogP contribution in [0.15, 0.2) is 11.6 Å². The number of alkyl halides is 5. The number of rotatable bonds is 2. The van der Waals surface area contributed by atoms with Crippen LogP contribution in [0.4, 0.5) is 22.0 Å². The third-order valence-electron chi connectivity index (χ3n) is 1.11. The van der Waals surface area contributed by atoms with Gasteiger partial charge in [-0.25, -0.2) is 4.79 Å². The van der Waals surface area contributed by atoms with Gasteiger partial charge in [0.15, 0.2) is 0 Å². The molecule has 0 fully saturated rings. The van der Waals surface area contributed by atoms with Crippen molar-refractivity contribution in [2.45, 2.75) is 19.0 Å². The fourth-order valence-corrected chi connectivity index (χ4v) is 0.415.